The summed E-state index contributed by atoms with van der Waals surface area (Å²) in [7, 11) is 0. The van der Waals surface area contributed by atoms with E-state index in [9.17, 15) is 0 Å². The molecule has 0 spiro atoms. The molecule has 0 radical (unpaired) electrons. The molecule has 2 heterocycles. The Balaban J connectivity index is 1.62. The van der Waals surface area contributed by atoms with E-state index < -0.39 is 0 Å². The van der Waals surface area contributed by atoms with Crippen LogP contribution in [0.15, 0.2) is 42.7 Å². The molecule has 5 nitrogen and oxygen atoms in total. The van der Waals surface area contributed by atoms with Crippen LogP contribution in [0.1, 0.15) is 0 Å². The predicted molar refractivity (Wildman–Crippen MR) is 90.8 cm³/mol. The minimum absolute atomic E-state index is 0.419. The van der Waals surface area contributed by atoms with E-state index in [1.54, 1.807) is 18.5 Å². The molecular weight excluding hydrogens is 321 g/mol. The summed E-state index contributed by atoms with van der Waals surface area (Å²) in [5.41, 5.74) is 1.87. The van der Waals surface area contributed by atoms with E-state index in [4.69, 9.17) is 23.2 Å². The number of aromatic nitrogens is 3. The van der Waals surface area contributed by atoms with Crippen molar-refractivity contribution in [3.8, 4) is 0 Å². The summed E-state index contributed by atoms with van der Waals surface area (Å²) in [4.78, 5) is 12.5. The van der Waals surface area contributed by atoms with Crippen molar-refractivity contribution >= 4 is 45.7 Å². The van der Waals surface area contributed by atoms with E-state index in [1.807, 2.05) is 24.3 Å². The highest BCUT2D eigenvalue weighted by Crippen LogP contribution is 2.24. The molecule has 0 unspecified atom stereocenters. The number of pyridine rings is 1. The van der Waals surface area contributed by atoms with Crippen molar-refractivity contribution in [1.82, 2.24) is 15.0 Å². The molecule has 0 saturated heterocycles. The first kappa shape index (κ1) is 14.8. The summed E-state index contributed by atoms with van der Waals surface area (Å²) in [6, 6.07) is 9.24. The maximum Gasteiger partial charge on any atom is 0.224 e. The number of hydrogen-bond donors (Lipinski definition) is 2. The van der Waals surface area contributed by atoms with Gasteiger partial charge in [0.15, 0.2) is 0 Å². The Labute approximate surface area is 137 Å². The van der Waals surface area contributed by atoms with Gasteiger partial charge in [-0.3, -0.25) is 4.98 Å². The van der Waals surface area contributed by atoms with Crippen molar-refractivity contribution in [2.24, 2.45) is 0 Å². The van der Waals surface area contributed by atoms with Crippen LogP contribution in [-0.4, -0.2) is 28.0 Å². The SMILES string of the molecule is Clc1ccc2c(NCCNc3nccc(Cl)n3)ccnc2c1. The number of nitrogens with zero attached hydrogens (tertiary/aromatic N) is 3. The fourth-order valence-corrected chi connectivity index (χ4v) is 2.37. The van der Waals surface area contributed by atoms with Gasteiger partial charge in [-0.05, 0) is 30.3 Å². The average Bonchev–Trinajstić information content (AvgIpc) is 2.51. The topological polar surface area (TPSA) is 62.7 Å². The van der Waals surface area contributed by atoms with Gasteiger partial charge in [0.2, 0.25) is 5.95 Å². The summed E-state index contributed by atoms with van der Waals surface area (Å²) < 4.78 is 0. The van der Waals surface area contributed by atoms with Crippen molar-refractivity contribution in [2.45, 2.75) is 0 Å². The summed E-state index contributed by atoms with van der Waals surface area (Å²) in [6.07, 6.45) is 3.37. The Bertz CT molecular complexity index is 794. The van der Waals surface area contributed by atoms with Crippen LogP contribution in [0, 0.1) is 0 Å². The molecule has 22 heavy (non-hydrogen) atoms. The van der Waals surface area contributed by atoms with E-state index in [0.717, 1.165) is 16.6 Å². The van der Waals surface area contributed by atoms with Crippen molar-refractivity contribution in [1.29, 1.82) is 0 Å². The summed E-state index contributed by atoms with van der Waals surface area (Å²) in [5, 5.41) is 8.59. The number of fused-ring (bicyclic) bond motifs is 1. The molecule has 0 bridgehead atoms. The molecule has 112 valence electrons. The molecule has 7 heteroatoms. The van der Waals surface area contributed by atoms with Gasteiger partial charge in [0.1, 0.15) is 5.15 Å². The third-order valence-electron chi connectivity index (χ3n) is 3.05. The van der Waals surface area contributed by atoms with Crippen LogP contribution in [0.25, 0.3) is 10.9 Å². The van der Waals surface area contributed by atoms with Crippen LogP contribution < -0.4 is 10.6 Å². The minimum atomic E-state index is 0.419. The summed E-state index contributed by atoms with van der Waals surface area (Å²) >= 11 is 11.8. The molecule has 0 aliphatic rings. The zero-order chi connectivity index (χ0) is 15.4. The quantitative estimate of drug-likeness (QED) is 0.548. The van der Waals surface area contributed by atoms with E-state index >= 15 is 0 Å². The number of hydrogen-bond acceptors (Lipinski definition) is 5. The minimum Gasteiger partial charge on any atom is -0.383 e. The van der Waals surface area contributed by atoms with E-state index in [-0.39, 0.29) is 0 Å². The fourth-order valence-electron chi connectivity index (χ4n) is 2.07. The van der Waals surface area contributed by atoms with E-state index in [0.29, 0.717) is 29.2 Å². The van der Waals surface area contributed by atoms with Gasteiger partial charge in [-0.25, -0.2) is 9.97 Å². The highest BCUT2D eigenvalue weighted by molar-refractivity contribution is 6.31. The van der Waals surface area contributed by atoms with Gasteiger partial charge < -0.3 is 10.6 Å². The van der Waals surface area contributed by atoms with Gasteiger partial charge in [0, 0.05) is 41.6 Å². The molecule has 0 atom stereocenters. The monoisotopic (exact) mass is 333 g/mol. The Hall–Kier alpha value is -2.11. The lowest BCUT2D eigenvalue weighted by molar-refractivity contribution is 1.03. The second-order valence-corrected chi connectivity index (χ2v) is 5.40. The van der Waals surface area contributed by atoms with Crippen LogP contribution in [0.5, 0.6) is 0 Å². The van der Waals surface area contributed by atoms with Gasteiger partial charge >= 0.3 is 0 Å². The molecule has 0 aliphatic heterocycles. The number of anilines is 2. The number of benzene rings is 1. The molecular formula is C15H13Cl2N5. The van der Waals surface area contributed by atoms with Gasteiger partial charge in [-0.15, -0.1) is 0 Å². The van der Waals surface area contributed by atoms with E-state index in [2.05, 4.69) is 25.6 Å². The maximum absolute atomic E-state index is 5.98. The fraction of sp³-hybridized carbons (Fsp3) is 0.133. The molecule has 1 aromatic carbocycles. The van der Waals surface area contributed by atoms with Gasteiger partial charge in [0.25, 0.3) is 0 Å². The van der Waals surface area contributed by atoms with Crippen molar-refractivity contribution in [2.75, 3.05) is 23.7 Å². The first-order valence-electron chi connectivity index (χ1n) is 6.73. The van der Waals surface area contributed by atoms with Crippen LogP contribution in [0.3, 0.4) is 0 Å². The lowest BCUT2D eigenvalue weighted by Crippen LogP contribution is -2.15. The first-order chi connectivity index (χ1) is 10.7. The zero-order valence-electron chi connectivity index (χ0n) is 11.6. The number of rotatable bonds is 5. The predicted octanol–water partition coefficient (Wildman–Crippen LogP) is 3.86. The van der Waals surface area contributed by atoms with Crippen LogP contribution in [0.4, 0.5) is 11.6 Å². The second-order valence-electron chi connectivity index (χ2n) is 4.58. The highest BCUT2D eigenvalue weighted by Gasteiger charge is 2.02. The Morgan fingerprint density at radius 1 is 0.909 bits per heavy atom. The zero-order valence-corrected chi connectivity index (χ0v) is 13.1. The average molecular weight is 334 g/mol. The van der Waals surface area contributed by atoms with Gasteiger partial charge in [-0.1, -0.05) is 23.2 Å². The van der Waals surface area contributed by atoms with Crippen LogP contribution in [-0.2, 0) is 0 Å². The molecule has 0 saturated carbocycles. The molecule has 3 aromatic rings. The molecule has 0 amide bonds. The first-order valence-corrected chi connectivity index (χ1v) is 7.48. The molecule has 0 fully saturated rings. The number of halogens is 2. The standard InChI is InChI=1S/C15H13Cl2N5/c16-10-1-2-11-12(3-5-18-13(11)9-10)19-7-8-21-15-20-6-4-14(17)22-15/h1-6,9H,7-8H2,(H,18,19)(H,20,21,22). The highest BCUT2D eigenvalue weighted by atomic mass is 35.5. The van der Waals surface area contributed by atoms with Crippen LogP contribution in [0.2, 0.25) is 10.2 Å². The Morgan fingerprint density at radius 2 is 1.73 bits per heavy atom. The Kier molecular flexibility index (Phi) is 4.56. The van der Waals surface area contributed by atoms with Crippen LogP contribution >= 0.6 is 23.2 Å². The molecule has 3 rings (SSSR count). The Morgan fingerprint density at radius 3 is 2.59 bits per heavy atom. The maximum atomic E-state index is 5.98. The molecule has 0 aliphatic carbocycles. The van der Waals surface area contributed by atoms with Crippen molar-refractivity contribution in [3.63, 3.8) is 0 Å². The largest absolute Gasteiger partial charge is 0.383 e. The van der Waals surface area contributed by atoms with Crippen molar-refractivity contribution < 1.29 is 0 Å². The normalized spacial score (nSPS) is 10.6. The summed E-state index contributed by atoms with van der Waals surface area (Å²) in [5.74, 6) is 0.515. The van der Waals surface area contributed by atoms with Gasteiger partial charge in [0.05, 0.1) is 5.52 Å². The van der Waals surface area contributed by atoms with Gasteiger partial charge in [-0.2, -0.15) is 0 Å². The smallest absolute Gasteiger partial charge is 0.224 e. The number of nitrogens with one attached hydrogen (secondary N) is 2. The van der Waals surface area contributed by atoms with E-state index in [1.165, 1.54) is 0 Å². The molecule has 2 N–H and O–H groups in total. The van der Waals surface area contributed by atoms with Crippen molar-refractivity contribution in [3.05, 3.63) is 52.9 Å². The lowest BCUT2D eigenvalue weighted by atomic mass is 10.2. The molecule has 2 aromatic heterocycles. The third-order valence-corrected chi connectivity index (χ3v) is 3.50. The summed E-state index contributed by atoms with van der Waals surface area (Å²) in [6.45, 7) is 1.37. The third kappa shape index (κ3) is 3.55. The lowest BCUT2D eigenvalue weighted by Gasteiger charge is -2.10. The second kappa shape index (κ2) is 6.77.